The lowest BCUT2D eigenvalue weighted by molar-refractivity contribution is 0.515. The topological polar surface area (TPSA) is 43.4 Å². The molecule has 0 atom stereocenters. The zero-order valence-corrected chi connectivity index (χ0v) is 21.8. The van der Waals surface area contributed by atoms with Crippen molar-refractivity contribution in [3.63, 3.8) is 0 Å². The van der Waals surface area contributed by atoms with Crippen LogP contribution in [0.1, 0.15) is 20.8 Å². The fraction of sp³-hybridized carbons (Fsp3) is 0.286. The number of nitrogens with one attached hydrogen (secondary N) is 2. The molecule has 6 heteroatoms. The van der Waals surface area contributed by atoms with Gasteiger partial charge in [-0.25, -0.2) is 4.58 Å². The van der Waals surface area contributed by atoms with E-state index >= 15 is 0 Å². The zero-order chi connectivity index (χ0) is 24.6. The lowest BCUT2D eigenvalue weighted by Crippen LogP contribution is -2.42. The number of hydrogen-bond acceptors (Lipinski definition) is 3. The van der Waals surface area contributed by atoms with Crippen LogP contribution >= 0.6 is 12.2 Å². The van der Waals surface area contributed by atoms with Crippen LogP contribution in [0.4, 0.5) is 11.4 Å². The highest BCUT2D eigenvalue weighted by molar-refractivity contribution is 7.80. The van der Waals surface area contributed by atoms with E-state index in [4.69, 9.17) is 16.6 Å². The van der Waals surface area contributed by atoms with Gasteiger partial charge in [-0.2, -0.15) is 0 Å². The fourth-order valence-electron chi connectivity index (χ4n) is 3.96. The molecule has 1 aliphatic carbocycles. The molecule has 0 saturated carbocycles. The molecule has 0 radical (unpaired) electrons. The quantitative estimate of drug-likeness (QED) is 0.237. The first-order chi connectivity index (χ1) is 16.0. The van der Waals surface area contributed by atoms with Gasteiger partial charge in [0, 0.05) is 59.7 Å². The second-order valence-corrected chi connectivity index (χ2v) is 10.4. The minimum absolute atomic E-state index is 0.0911. The normalized spacial score (nSPS) is 11.5. The second kappa shape index (κ2) is 9.11. The number of hydrogen-bond donors (Lipinski definition) is 2. The van der Waals surface area contributed by atoms with E-state index in [1.54, 1.807) is 0 Å². The molecule has 34 heavy (non-hydrogen) atoms. The van der Waals surface area contributed by atoms with E-state index in [2.05, 4.69) is 102 Å². The first-order valence-electron chi connectivity index (χ1n) is 11.4. The first-order valence-corrected chi connectivity index (χ1v) is 11.8. The Bertz CT molecular complexity index is 1390. The van der Waals surface area contributed by atoms with E-state index in [1.807, 2.05) is 28.2 Å². The van der Waals surface area contributed by atoms with E-state index in [9.17, 15) is 0 Å². The molecule has 176 valence electrons. The molecule has 2 aromatic rings. The molecule has 0 unspecified atom stereocenters. The Morgan fingerprint density at radius 1 is 0.941 bits per heavy atom. The molecular formula is C28H33N4OS+. The predicted octanol–water partition coefficient (Wildman–Crippen LogP) is 5.39. The molecule has 5 nitrogen and oxygen atoms in total. The van der Waals surface area contributed by atoms with Crippen molar-refractivity contribution in [3.8, 4) is 22.5 Å². The summed E-state index contributed by atoms with van der Waals surface area (Å²) in [5, 5.41) is 9.37. The van der Waals surface area contributed by atoms with Crippen molar-refractivity contribution in [3.05, 3.63) is 66.0 Å². The van der Waals surface area contributed by atoms with Gasteiger partial charge in [0.2, 0.25) is 5.36 Å². The molecular weight excluding hydrogens is 440 g/mol. The summed E-state index contributed by atoms with van der Waals surface area (Å²) in [5.41, 5.74) is 6.19. The van der Waals surface area contributed by atoms with Crippen molar-refractivity contribution in [2.75, 3.05) is 38.4 Å². The van der Waals surface area contributed by atoms with E-state index in [0.717, 1.165) is 50.2 Å². The van der Waals surface area contributed by atoms with Gasteiger partial charge in [-0.15, -0.1) is 0 Å². The summed E-state index contributed by atoms with van der Waals surface area (Å²) < 4.78 is 8.51. The Hall–Kier alpha value is -3.38. The molecule has 1 heterocycles. The van der Waals surface area contributed by atoms with E-state index in [0.29, 0.717) is 5.11 Å². The standard InChI is InChI=1S/C28H32N4OS/c1-28(2,3)30-27(34)29-19-10-8-18(9-11-19)26-22-14-12-20(31(4)5)16-24(22)33-25-17-21(32(6)7)13-15-23(25)26/h8-17H,1-7H3,(H,30,34)/p+1. The zero-order valence-electron chi connectivity index (χ0n) is 21.0. The van der Waals surface area contributed by atoms with Crippen LogP contribution in [0.3, 0.4) is 0 Å². The molecule has 2 aromatic carbocycles. The number of fused-ring (bicyclic) bond motifs is 2. The monoisotopic (exact) mass is 473 g/mol. The first kappa shape index (κ1) is 23.8. The van der Waals surface area contributed by atoms with Gasteiger partial charge in [-0.05, 0) is 68.9 Å². The fourth-order valence-corrected chi connectivity index (χ4v) is 4.38. The molecule has 0 spiro atoms. The second-order valence-electron chi connectivity index (χ2n) is 10.0. The van der Waals surface area contributed by atoms with Crippen molar-refractivity contribution < 1.29 is 4.42 Å². The van der Waals surface area contributed by atoms with Gasteiger partial charge < -0.3 is 20.0 Å². The molecule has 1 aliphatic heterocycles. The van der Waals surface area contributed by atoms with Crippen LogP contribution in [0.5, 0.6) is 0 Å². The summed E-state index contributed by atoms with van der Waals surface area (Å²) in [6, 6.07) is 21.2. The van der Waals surface area contributed by atoms with Gasteiger partial charge in [0.25, 0.3) is 0 Å². The lowest BCUT2D eigenvalue weighted by atomic mass is 9.93. The molecule has 0 fully saturated rings. The molecule has 4 rings (SSSR count). The van der Waals surface area contributed by atoms with E-state index in [1.165, 1.54) is 0 Å². The number of rotatable bonds is 3. The minimum Gasteiger partial charge on any atom is -0.456 e. The van der Waals surface area contributed by atoms with Crippen LogP contribution in [-0.2, 0) is 0 Å². The van der Waals surface area contributed by atoms with Gasteiger partial charge in [0.05, 0.1) is 6.07 Å². The summed E-state index contributed by atoms with van der Waals surface area (Å²) in [6.45, 7) is 6.26. The number of nitrogens with zero attached hydrogens (tertiary/aromatic N) is 2. The molecule has 0 saturated heterocycles. The summed E-state index contributed by atoms with van der Waals surface area (Å²) in [5.74, 6) is 0.863. The van der Waals surface area contributed by atoms with Crippen LogP contribution in [0.25, 0.3) is 33.4 Å². The van der Waals surface area contributed by atoms with Crippen LogP contribution in [-0.4, -0.2) is 38.8 Å². The lowest BCUT2D eigenvalue weighted by Gasteiger charge is -2.23. The Morgan fingerprint density at radius 2 is 1.65 bits per heavy atom. The van der Waals surface area contributed by atoms with Crippen LogP contribution < -0.4 is 25.5 Å². The van der Waals surface area contributed by atoms with Gasteiger partial charge in [-0.1, -0.05) is 12.1 Å². The van der Waals surface area contributed by atoms with Crippen molar-refractivity contribution in [1.29, 1.82) is 0 Å². The Balaban J connectivity index is 1.85. The SMILES string of the molecule is CN(C)c1ccc2c(-c3ccc(NC(=S)NC(C)(C)C)cc3)c3ccc(=[N+](C)C)cc-3oc2c1. The van der Waals surface area contributed by atoms with Crippen molar-refractivity contribution in [2.24, 2.45) is 0 Å². The Kier molecular flexibility index (Phi) is 6.36. The van der Waals surface area contributed by atoms with Crippen LogP contribution in [0.15, 0.2) is 65.1 Å². The van der Waals surface area contributed by atoms with Gasteiger partial charge in [-0.3, -0.25) is 0 Å². The number of benzene rings is 3. The maximum Gasteiger partial charge on any atom is 0.203 e. The molecule has 0 aromatic heterocycles. The average molecular weight is 474 g/mol. The number of thiocarbonyl (C=S) groups is 1. The van der Waals surface area contributed by atoms with Gasteiger partial charge in [0.1, 0.15) is 25.4 Å². The van der Waals surface area contributed by atoms with E-state index in [-0.39, 0.29) is 5.54 Å². The van der Waals surface area contributed by atoms with Gasteiger partial charge >= 0.3 is 0 Å². The van der Waals surface area contributed by atoms with E-state index < -0.39 is 0 Å². The summed E-state index contributed by atoms with van der Waals surface area (Å²) in [4.78, 5) is 2.09. The minimum atomic E-state index is -0.0911. The summed E-state index contributed by atoms with van der Waals surface area (Å²) >= 11 is 5.46. The smallest absolute Gasteiger partial charge is 0.203 e. The highest BCUT2D eigenvalue weighted by Gasteiger charge is 2.19. The largest absolute Gasteiger partial charge is 0.456 e. The Morgan fingerprint density at radius 3 is 2.26 bits per heavy atom. The highest BCUT2D eigenvalue weighted by atomic mass is 32.1. The number of anilines is 2. The van der Waals surface area contributed by atoms with Crippen LogP contribution in [0, 0.1) is 0 Å². The van der Waals surface area contributed by atoms with Crippen molar-refractivity contribution in [2.45, 2.75) is 26.3 Å². The van der Waals surface area contributed by atoms with Crippen LogP contribution in [0.2, 0.25) is 0 Å². The third kappa shape index (κ3) is 5.07. The molecule has 0 bridgehead atoms. The summed E-state index contributed by atoms with van der Waals surface area (Å²) in [6.07, 6.45) is 0. The van der Waals surface area contributed by atoms with Crippen molar-refractivity contribution >= 4 is 39.7 Å². The maximum atomic E-state index is 6.42. The van der Waals surface area contributed by atoms with Crippen molar-refractivity contribution in [1.82, 2.24) is 9.89 Å². The Labute approximate surface area is 207 Å². The predicted molar refractivity (Wildman–Crippen MR) is 149 cm³/mol. The average Bonchev–Trinajstić information content (AvgIpc) is 2.76. The highest BCUT2D eigenvalue weighted by Crippen LogP contribution is 2.40. The third-order valence-electron chi connectivity index (χ3n) is 5.64. The molecule has 2 N–H and O–H groups in total. The molecule has 2 aliphatic rings. The maximum absolute atomic E-state index is 6.42. The van der Waals surface area contributed by atoms with Gasteiger partial charge in [0.15, 0.2) is 5.11 Å². The molecule has 0 amide bonds. The third-order valence-corrected chi connectivity index (χ3v) is 5.85. The summed E-state index contributed by atoms with van der Waals surface area (Å²) in [7, 11) is 8.16.